The normalized spacial score (nSPS) is 15.9. The first kappa shape index (κ1) is 16.8. The number of nitrogens with two attached hydrogens (primary N) is 1. The molecular formula is C13H31N3O. The van der Waals surface area contributed by atoms with E-state index in [2.05, 4.69) is 37.7 Å². The Bertz CT molecular complexity index is 193. The van der Waals surface area contributed by atoms with Gasteiger partial charge in [0.2, 0.25) is 0 Å². The molecule has 1 atom stereocenters. The van der Waals surface area contributed by atoms with Gasteiger partial charge in [0.25, 0.3) is 0 Å². The second-order valence-electron chi connectivity index (χ2n) is 5.95. The van der Waals surface area contributed by atoms with Gasteiger partial charge in [-0.25, -0.2) is 0 Å². The van der Waals surface area contributed by atoms with Gasteiger partial charge in [-0.15, -0.1) is 0 Å². The topological polar surface area (TPSA) is 52.7 Å². The molecule has 3 N–H and O–H groups in total. The van der Waals surface area contributed by atoms with Gasteiger partial charge in [0, 0.05) is 32.7 Å². The predicted molar refractivity (Wildman–Crippen MR) is 74.1 cm³/mol. The van der Waals surface area contributed by atoms with Crippen molar-refractivity contribution >= 4 is 0 Å². The quantitative estimate of drug-likeness (QED) is 0.625. The minimum atomic E-state index is -0.729. The molecule has 0 fully saturated rings. The number of hydrogen-bond acceptors (Lipinski definition) is 4. The summed E-state index contributed by atoms with van der Waals surface area (Å²) in [4.78, 5) is 4.60. The minimum Gasteiger partial charge on any atom is -0.389 e. The van der Waals surface area contributed by atoms with Gasteiger partial charge in [-0.2, -0.15) is 0 Å². The van der Waals surface area contributed by atoms with E-state index in [1.54, 1.807) is 0 Å². The van der Waals surface area contributed by atoms with Gasteiger partial charge in [-0.1, -0.05) is 13.8 Å². The minimum absolute atomic E-state index is 0.330. The van der Waals surface area contributed by atoms with Gasteiger partial charge in [-0.3, -0.25) is 0 Å². The van der Waals surface area contributed by atoms with Crippen LogP contribution in [0.5, 0.6) is 0 Å². The van der Waals surface area contributed by atoms with Gasteiger partial charge >= 0.3 is 0 Å². The van der Waals surface area contributed by atoms with Crippen LogP contribution in [0.3, 0.4) is 0 Å². The second kappa shape index (κ2) is 8.03. The zero-order valence-corrected chi connectivity index (χ0v) is 12.2. The molecule has 0 saturated carbocycles. The molecule has 0 aromatic heterocycles. The van der Waals surface area contributed by atoms with Crippen molar-refractivity contribution in [1.29, 1.82) is 0 Å². The lowest BCUT2D eigenvalue weighted by Crippen LogP contribution is -2.41. The van der Waals surface area contributed by atoms with E-state index < -0.39 is 5.60 Å². The van der Waals surface area contributed by atoms with Crippen LogP contribution in [0.2, 0.25) is 0 Å². The summed E-state index contributed by atoms with van der Waals surface area (Å²) >= 11 is 0. The van der Waals surface area contributed by atoms with Crippen molar-refractivity contribution in [3.63, 3.8) is 0 Å². The summed E-state index contributed by atoms with van der Waals surface area (Å²) in [7, 11) is 4.17. The molecule has 17 heavy (non-hydrogen) atoms. The lowest BCUT2D eigenvalue weighted by atomic mass is 10.0. The first-order chi connectivity index (χ1) is 7.76. The number of aliphatic hydroxyl groups is 1. The summed E-state index contributed by atoms with van der Waals surface area (Å²) in [5, 5.41) is 9.92. The zero-order valence-electron chi connectivity index (χ0n) is 12.2. The Balaban J connectivity index is 4.09. The fourth-order valence-corrected chi connectivity index (χ4v) is 1.65. The van der Waals surface area contributed by atoms with Crippen molar-refractivity contribution in [3.8, 4) is 0 Å². The van der Waals surface area contributed by atoms with E-state index in [4.69, 9.17) is 5.73 Å². The Morgan fingerprint density at radius 3 is 2.18 bits per heavy atom. The Hall–Kier alpha value is -0.160. The van der Waals surface area contributed by atoms with Gasteiger partial charge in [-0.05, 0) is 33.4 Å². The van der Waals surface area contributed by atoms with Crippen molar-refractivity contribution in [2.24, 2.45) is 11.7 Å². The van der Waals surface area contributed by atoms with E-state index in [1.165, 1.54) is 0 Å². The molecule has 0 saturated heterocycles. The third-order valence-electron chi connectivity index (χ3n) is 2.89. The monoisotopic (exact) mass is 245 g/mol. The average Bonchev–Trinajstić information content (AvgIpc) is 2.21. The van der Waals surface area contributed by atoms with Crippen molar-refractivity contribution in [2.45, 2.75) is 32.8 Å². The summed E-state index contributed by atoms with van der Waals surface area (Å²) in [5.74, 6) is 0.653. The molecule has 0 aromatic carbocycles. The first-order valence-electron chi connectivity index (χ1n) is 6.56. The van der Waals surface area contributed by atoms with Crippen LogP contribution >= 0.6 is 0 Å². The predicted octanol–water partition coefficient (Wildman–Crippen LogP) is 0.606. The molecule has 0 aliphatic rings. The van der Waals surface area contributed by atoms with Gasteiger partial charge < -0.3 is 20.6 Å². The fraction of sp³-hybridized carbons (Fsp3) is 1.00. The molecule has 0 radical (unpaired) electrons. The van der Waals surface area contributed by atoms with Gasteiger partial charge in [0.1, 0.15) is 0 Å². The number of nitrogens with zero attached hydrogens (tertiary/aromatic N) is 2. The average molecular weight is 245 g/mol. The molecule has 0 aliphatic heterocycles. The van der Waals surface area contributed by atoms with Gasteiger partial charge in [0.15, 0.2) is 0 Å². The molecule has 0 aromatic rings. The molecule has 4 heteroatoms. The third kappa shape index (κ3) is 9.53. The van der Waals surface area contributed by atoms with Crippen LogP contribution in [0.25, 0.3) is 0 Å². The SMILES string of the molecule is CC(C)CN(CCN(C)C)CCC(C)(O)CN. The maximum Gasteiger partial charge on any atom is 0.0753 e. The number of rotatable bonds is 9. The maximum absolute atomic E-state index is 9.92. The molecule has 0 bridgehead atoms. The molecule has 0 spiro atoms. The Morgan fingerprint density at radius 1 is 1.18 bits per heavy atom. The lowest BCUT2D eigenvalue weighted by molar-refractivity contribution is 0.0454. The standard InChI is InChI=1S/C13H31N3O/c1-12(2)10-16(9-8-15(4)5)7-6-13(3,17)11-14/h12,17H,6-11,14H2,1-5H3. The van der Waals surface area contributed by atoms with E-state index in [9.17, 15) is 5.11 Å². The van der Waals surface area contributed by atoms with Crippen LogP contribution in [-0.4, -0.2) is 67.3 Å². The van der Waals surface area contributed by atoms with E-state index in [-0.39, 0.29) is 0 Å². The lowest BCUT2D eigenvalue weighted by Gasteiger charge is -2.29. The molecule has 0 heterocycles. The van der Waals surface area contributed by atoms with E-state index in [1.807, 2.05) is 6.92 Å². The smallest absolute Gasteiger partial charge is 0.0753 e. The highest BCUT2D eigenvalue weighted by molar-refractivity contribution is 4.76. The van der Waals surface area contributed by atoms with E-state index in [0.29, 0.717) is 12.5 Å². The van der Waals surface area contributed by atoms with Crippen LogP contribution in [0.4, 0.5) is 0 Å². The Labute approximate surface area is 107 Å². The highest BCUT2D eigenvalue weighted by atomic mass is 16.3. The zero-order chi connectivity index (χ0) is 13.5. The van der Waals surface area contributed by atoms with Crippen LogP contribution in [0.15, 0.2) is 0 Å². The van der Waals surface area contributed by atoms with Crippen molar-refractivity contribution in [1.82, 2.24) is 9.80 Å². The highest BCUT2D eigenvalue weighted by Crippen LogP contribution is 2.09. The van der Waals surface area contributed by atoms with Gasteiger partial charge in [0.05, 0.1) is 5.60 Å². The van der Waals surface area contributed by atoms with E-state index >= 15 is 0 Å². The Kier molecular flexibility index (Phi) is 7.96. The van der Waals surface area contributed by atoms with Crippen molar-refractivity contribution in [3.05, 3.63) is 0 Å². The molecule has 0 amide bonds. The fourth-order valence-electron chi connectivity index (χ4n) is 1.65. The third-order valence-corrected chi connectivity index (χ3v) is 2.89. The van der Waals surface area contributed by atoms with E-state index in [0.717, 1.165) is 32.6 Å². The van der Waals surface area contributed by atoms with Crippen LogP contribution < -0.4 is 5.73 Å². The summed E-state index contributed by atoms with van der Waals surface area (Å²) in [5.41, 5.74) is 4.81. The Morgan fingerprint density at radius 2 is 1.76 bits per heavy atom. The number of hydrogen-bond donors (Lipinski definition) is 2. The molecule has 1 unspecified atom stereocenters. The summed E-state index contributed by atoms with van der Waals surface area (Å²) in [6.45, 7) is 10.7. The second-order valence-corrected chi connectivity index (χ2v) is 5.95. The summed E-state index contributed by atoms with van der Waals surface area (Å²) in [6.07, 6.45) is 0.740. The number of likely N-dealkylation sites (N-methyl/N-ethyl adjacent to an activating group) is 1. The first-order valence-corrected chi connectivity index (χ1v) is 6.56. The van der Waals surface area contributed by atoms with Crippen LogP contribution in [-0.2, 0) is 0 Å². The van der Waals surface area contributed by atoms with Crippen molar-refractivity contribution < 1.29 is 5.11 Å². The molecular weight excluding hydrogens is 214 g/mol. The summed E-state index contributed by atoms with van der Waals surface area (Å²) in [6, 6.07) is 0. The molecule has 0 rings (SSSR count). The van der Waals surface area contributed by atoms with Crippen LogP contribution in [0.1, 0.15) is 27.2 Å². The molecule has 0 aliphatic carbocycles. The van der Waals surface area contributed by atoms with Crippen LogP contribution in [0, 0.1) is 5.92 Å². The van der Waals surface area contributed by atoms with Crippen molar-refractivity contribution in [2.75, 3.05) is 46.8 Å². The molecule has 104 valence electrons. The highest BCUT2D eigenvalue weighted by Gasteiger charge is 2.19. The summed E-state index contributed by atoms with van der Waals surface area (Å²) < 4.78 is 0. The largest absolute Gasteiger partial charge is 0.389 e. The molecule has 4 nitrogen and oxygen atoms in total. The maximum atomic E-state index is 9.92.